The van der Waals surface area contributed by atoms with E-state index >= 15 is 0 Å². The van der Waals surface area contributed by atoms with E-state index in [4.69, 9.17) is 4.74 Å². The number of amides is 1. The van der Waals surface area contributed by atoms with Gasteiger partial charge < -0.3 is 15.0 Å². The predicted molar refractivity (Wildman–Crippen MR) is 126 cm³/mol. The Morgan fingerprint density at radius 1 is 0.969 bits per heavy atom. The first-order chi connectivity index (χ1) is 15.5. The lowest BCUT2D eigenvalue weighted by molar-refractivity contribution is -0.120. The molecule has 0 bridgehead atoms. The zero-order chi connectivity index (χ0) is 22.8. The normalized spacial score (nSPS) is 15.4. The maximum Gasteiger partial charge on any atom is 0.224 e. The van der Waals surface area contributed by atoms with E-state index in [2.05, 4.69) is 22.3 Å². The molecule has 0 aromatic heterocycles. The minimum absolute atomic E-state index is 0.0773. The van der Waals surface area contributed by atoms with Gasteiger partial charge in [-0.25, -0.2) is 8.42 Å². The van der Waals surface area contributed by atoms with E-state index in [1.54, 1.807) is 4.31 Å². The molecule has 174 valence electrons. The van der Waals surface area contributed by atoms with E-state index in [1.807, 2.05) is 49.4 Å². The van der Waals surface area contributed by atoms with Gasteiger partial charge in [0.25, 0.3) is 0 Å². The van der Waals surface area contributed by atoms with Crippen LogP contribution in [0, 0.1) is 0 Å². The Balaban J connectivity index is 1.35. The molecule has 7 nitrogen and oxygen atoms in total. The molecular weight excluding hydrogens is 426 g/mol. The molecule has 1 saturated heterocycles. The summed E-state index contributed by atoms with van der Waals surface area (Å²) in [6.45, 7) is 6.02. The minimum atomic E-state index is -3.38. The van der Waals surface area contributed by atoms with E-state index in [0.717, 1.165) is 37.4 Å². The van der Waals surface area contributed by atoms with E-state index in [0.29, 0.717) is 19.7 Å². The lowest BCUT2D eigenvalue weighted by atomic mass is 10.1. The number of carbonyl (C=O) groups is 1. The molecule has 0 saturated carbocycles. The van der Waals surface area contributed by atoms with Crippen LogP contribution in [0.1, 0.15) is 18.1 Å². The molecule has 1 aliphatic heterocycles. The molecule has 32 heavy (non-hydrogen) atoms. The Kier molecular flexibility index (Phi) is 9.08. The van der Waals surface area contributed by atoms with Gasteiger partial charge in [0.15, 0.2) is 0 Å². The number of piperazine rings is 1. The molecule has 1 fully saturated rings. The number of benzene rings is 2. The molecule has 1 amide bonds. The van der Waals surface area contributed by atoms with Crippen molar-refractivity contribution in [2.24, 2.45) is 0 Å². The summed E-state index contributed by atoms with van der Waals surface area (Å²) >= 11 is 0. The second-order valence-electron chi connectivity index (χ2n) is 7.90. The van der Waals surface area contributed by atoms with Crippen LogP contribution in [-0.4, -0.2) is 75.2 Å². The molecule has 0 spiro atoms. The summed E-state index contributed by atoms with van der Waals surface area (Å²) in [7, 11) is -3.38. The largest absolute Gasteiger partial charge is 0.494 e. The molecule has 0 unspecified atom stereocenters. The first-order valence-electron chi connectivity index (χ1n) is 11.2. The fraction of sp³-hybridized carbons (Fsp3) is 0.458. The van der Waals surface area contributed by atoms with Gasteiger partial charge in [0, 0.05) is 39.3 Å². The number of nitrogens with one attached hydrogen (secondary N) is 1. The summed E-state index contributed by atoms with van der Waals surface area (Å²) in [5.74, 6) is 0.504. The van der Waals surface area contributed by atoms with Crippen molar-refractivity contribution in [1.29, 1.82) is 0 Å². The molecule has 0 radical (unpaired) electrons. The Morgan fingerprint density at radius 2 is 1.66 bits per heavy atom. The van der Waals surface area contributed by atoms with E-state index in [1.165, 1.54) is 5.56 Å². The average Bonchev–Trinajstić information content (AvgIpc) is 2.80. The lowest BCUT2D eigenvalue weighted by Crippen LogP contribution is -2.50. The number of sulfonamides is 1. The maximum absolute atomic E-state index is 12.7. The minimum Gasteiger partial charge on any atom is -0.494 e. The van der Waals surface area contributed by atoms with Gasteiger partial charge in [-0.3, -0.25) is 4.79 Å². The summed E-state index contributed by atoms with van der Waals surface area (Å²) in [6.07, 6.45) is 1.18. The van der Waals surface area contributed by atoms with Crippen molar-refractivity contribution < 1.29 is 17.9 Å². The van der Waals surface area contributed by atoms with Crippen LogP contribution in [0.5, 0.6) is 5.75 Å². The molecule has 1 N–H and O–H groups in total. The van der Waals surface area contributed by atoms with Crippen molar-refractivity contribution in [1.82, 2.24) is 14.5 Å². The third kappa shape index (κ3) is 7.62. The topological polar surface area (TPSA) is 78.9 Å². The van der Waals surface area contributed by atoms with Crippen molar-refractivity contribution in [2.45, 2.75) is 19.8 Å². The predicted octanol–water partition coefficient (Wildman–Crippen LogP) is 1.93. The van der Waals surface area contributed by atoms with Crippen LogP contribution in [0.15, 0.2) is 54.6 Å². The highest BCUT2D eigenvalue weighted by atomic mass is 32.2. The van der Waals surface area contributed by atoms with Crippen LogP contribution >= 0.6 is 0 Å². The number of ether oxygens (including phenoxy) is 1. The van der Waals surface area contributed by atoms with Gasteiger partial charge >= 0.3 is 0 Å². The number of rotatable bonds is 11. The molecule has 0 aliphatic carbocycles. The third-order valence-corrected chi connectivity index (χ3v) is 7.44. The summed E-state index contributed by atoms with van der Waals surface area (Å²) in [5, 5.41) is 2.73. The van der Waals surface area contributed by atoms with Gasteiger partial charge in [0.2, 0.25) is 15.9 Å². The summed E-state index contributed by atoms with van der Waals surface area (Å²) in [4.78, 5) is 14.5. The van der Waals surface area contributed by atoms with Gasteiger partial charge in [-0.15, -0.1) is 0 Å². The van der Waals surface area contributed by atoms with Crippen LogP contribution in [0.4, 0.5) is 0 Å². The first kappa shape index (κ1) is 24.2. The average molecular weight is 460 g/mol. The van der Waals surface area contributed by atoms with Crippen LogP contribution < -0.4 is 10.1 Å². The fourth-order valence-corrected chi connectivity index (χ4v) is 5.07. The van der Waals surface area contributed by atoms with Crippen LogP contribution in [0.25, 0.3) is 0 Å². The van der Waals surface area contributed by atoms with Crippen molar-refractivity contribution in [3.8, 4) is 5.75 Å². The Hall–Kier alpha value is -2.42. The number of nitrogens with zero attached hydrogens (tertiary/aromatic N) is 2. The first-order valence-corrected chi connectivity index (χ1v) is 12.8. The molecule has 8 heteroatoms. The van der Waals surface area contributed by atoms with Crippen LogP contribution in [0.2, 0.25) is 0 Å². The monoisotopic (exact) mass is 459 g/mol. The third-order valence-electron chi connectivity index (χ3n) is 5.57. The maximum atomic E-state index is 12.7. The van der Waals surface area contributed by atoms with Crippen molar-refractivity contribution >= 4 is 15.9 Å². The van der Waals surface area contributed by atoms with Crippen LogP contribution in [0.3, 0.4) is 0 Å². The molecule has 0 atom stereocenters. The van der Waals surface area contributed by atoms with E-state index in [9.17, 15) is 13.2 Å². The molecule has 1 aliphatic rings. The van der Waals surface area contributed by atoms with Crippen molar-refractivity contribution in [2.75, 3.05) is 51.6 Å². The van der Waals surface area contributed by atoms with Gasteiger partial charge in [-0.2, -0.15) is 4.31 Å². The molecule has 2 aromatic rings. The zero-order valence-corrected chi connectivity index (χ0v) is 19.5. The van der Waals surface area contributed by atoms with Gasteiger partial charge in [-0.05, 0) is 36.6 Å². The Bertz CT molecular complexity index is 941. The fourth-order valence-electron chi connectivity index (χ4n) is 3.73. The standard InChI is InChI=1S/C24H33N3O4S/c1-2-31-23-10-8-22(9-11-23)20-24(28)25-13-19-32(29,30)27-17-15-26(16-18-27)14-12-21-6-4-3-5-7-21/h3-11H,2,12-20H2,1H3,(H,25,28). The van der Waals surface area contributed by atoms with Crippen LogP contribution in [-0.2, 0) is 27.7 Å². The van der Waals surface area contributed by atoms with E-state index < -0.39 is 10.0 Å². The van der Waals surface area contributed by atoms with Crippen molar-refractivity contribution in [3.63, 3.8) is 0 Å². The van der Waals surface area contributed by atoms with Gasteiger partial charge in [-0.1, -0.05) is 42.5 Å². The molecule has 2 aromatic carbocycles. The highest BCUT2D eigenvalue weighted by Crippen LogP contribution is 2.13. The smallest absolute Gasteiger partial charge is 0.224 e. The van der Waals surface area contributed by atoms with E-state index in [-0.39, 0.29) is 24.6 Å². The highest BCUT2D eigenvalue weighted by molar-refractivity contribution is 7.89. The summed E-state index contributed by atoms with van der Waals surface area (Å²) < 4.78 is 32.2. The quantitative estimate of drug-likeness (QED) is 0.556. The summed E-state index contributed by atoms with van der Waals surface area (Å²) in [6, 6.07) is 17.7. The highest BCUT2D eigenvalue weighted by Gasteiger charge is 2.26. The second-order valence-corrected chi connectivity index (χ2v) is 9.98. The van der Waals surface area contributed by atoms with Crippen molar-refractivity contribution in [3.05, 3.63) is 65.7 Å². The van der Waals surface area contributed by atoms with Gasteiger partial charge in [0.05, 0.1) is 18.8 Å². The zero-order valence-electron chi connectivity index (χ0n) is 18.7. The molecule has 1 heterocycles. The Labute approximate surface area is 191 Å². The Morgan fingerprint density at radius 3 is 2.31 bits per heavy atom. The number of hydrogen-bond donors (Lipinski definition) is 1. The SMILES string of the molecule is CCOc1ccc(CC(=O)NCCS(=O)(=O)N2CCN(CCc3ccccc3)CC2)cc1. The molecular formula is C24H33N3O4S. The molecule has 3 rings (SSSR count). The number of hydrogen-bond acceptors (Lipinski definition) is 5. The second kappa shape index (κ2) is 12.0. The lowest BCUT2D eigenvalue weighted by Gasteiger charge is -2.34. The number of carbonyl (C=O) groups excluding carboxylic acids is 1. The van der Waals surface area contributed by atoms with Gasteiger partial charge in [0.1, 0.15) is 5.75 Å². The summed E-state index contributed by atoms with van der Waals surface area (Å²) in [5.41, 5.74) is 2.16.